The Labute approximate surface area is 220 Å². The fourth-order valence-electron chi connectivity index (χ4n) is 3.90. The Balaban J connectivity index is 1.59. The van der Waals surface area contributed by atoms with Crippen molar-refractivity contribution in [3.05, 3.63) is 72.9 Å². The van der Waals surface area contributed by atoms with Crippen molar-refractivity contribution in [2.45, 2.75) is 13.8 Å². The molecule has 3 aromatic carbocycles. The topological polar surface area (TPSA) is 128 Å². The van der Waals surface area contributed by atoms with Crippen molar-refractivity contribution in [3.8, 4) is 17.2 Å². The van der Waals surface area contributed by atoms with Crippen molar-refractivity contribution < 1.29 is 33.0 Å². The van der Waals surface area contributed by atoms with Crippen LogP contribution in [-0.4, -0.2) is 36.5 Å². The van der Waals surface area contributed by atoms with E-state index in [0.29, 0.717) is 45.1 Å². The molecule has 0 saturated carbocycles. The zero-order chi connectivity index (χ0) is 27.1. The Kier molecular flexibility index (Phi) is 8.48. The van der Waals surface area contributed by atoms with E-state index in [9.17, 15) is 9.36 Å². The molecule has 0 fully saturated rings. The van der Waals surface area contributed by atoms with E-state index in [1.807, 2.05) is 24.3 Å². The van der Waals surface area contributed by atoms with Crippen molar-refractivity contribution >= 4 is 47.0 Å². The highest BCUT2D eigenvalue weighted by Gasteiger charge is 2.30. The SMILES string of the molecule is CCOP(=O)(OCC)c1ccc(Nc2cc(Oc3ccc(NC(=O)O)c4ccccc34)ccn2)cc1OC. The van der Waals surface area contributed by atoms with Gasteiger partial charge >= 0.3 is 13.7 Å². The Bertz CT molecular complexity index is 1490. The van der Waals surface area contributed by atoms with Crippen LogP contribution in [0.15, 0.2) is 72.9 Å². The molecule has 0 bridgehead atoms. The zero-order valence-corrected chi connectivity index (χ0v) is 22.0. The lowest BCUT2D eigenvalue weighted by molar-refractivity contribution is 0.209. The third-order valence-electron chi connectivity index (χ3n) is 5.43. The number of aromatic nitrogens is 1. The fraction of sp³-hybridized carbons (Fsp3) is 0.185. The van der Waals surface area contributed by atoms with Crippen LogP contribution in [0.5, 0.6) is 17.2 Å². The van der Waals surface area contributed by atoms with E-state index >= 15 is 0 Å². The van der Waals surface area contributed by atoms with Gasteiger partial charge in [-0.2, -0.15) is 0 Å². The van der Waals surface area contributed by atoms with Crippen molar-refractivity contribution in [2.75, 3.05) is 31.0 Å². The lowest BCUT2D eigenvalue weighted by Crippen LogP contribution is -2.14. The molecular weight excluding hydrogens is 509 g/mol. The van der Waals surface area contributed by atoms with Gasteiger partial charge in [0, 0.05) is 34.8 Å². The molecule has 11 heteroatoms. The van der Waals surface area contributed by atoms with Crippen molar-refractivity contribution in [1.29, 1.82) is 0 Å². The fourth-order valence-corrected chi connectivity index (χ4v) is 5.62. The van der Waals surface area contributed by atoms with E-state index in [2.05, 4.69) is 15.6 Å². The highest BCUT2D eigenvalue weighted by Crippen LogP contribution is 2.49. The van der Waals surface area contributed by atoms with E-state index in [-0.39, 0.29) is 13.2 Å². The molecule has 4 rings (SSSR count). The summed E-state index contributed by atoms with van der Waals surface area (Å²) in [6.45, 7) is 3.95. The molecule has 0 aliphatic carbocycles. The average Bonchev–Trinajstić information content (AvgIpc) is 2.90. The van der Waals surface area contributed by atoms with Gasteiger partial charge in [0.15, 0.2) is 0 Å². The number of anilines is 3. The molecule has 0 saturated heterocycles. The van der Waals surface area contributed by atoms with Gasteiger partial charge in [-0.15, -0.1) is 0 Å². The van der Waals surface area contributed by atoms with Crippen LogP contribution in [-0.2, 0) is 13.6 Å². The van der Waals surface area contributed by atoms with E-state index in [4.69, 9.17) is 23.6 Å². The molecule has 4 aromatic rings. The number of hydrogen-bond acceptors (Lipinski definition) is 8. The predicted octanol–water partition coefficient (Wildman–Crippen LogP) is 6.76. The number of benzene rings is 3. The summed E-state index contributed by atoms with van der Waals surface area (Å²) in [5, 5.41) is 16.5. The molecule has 1 amide bonds. The van der Waals surface area contributed by atoms with Gasteiger partial charge in [0.05, 0.1) is 26.0 Å². The van der Waals surface area contributed by atoms with Crippen LogP contribution in [0.2, 0.25) is 0 Å². The second-order valence-corrected chi connectivity index (χ2v) is 9.90. The van der Waals surface area contributed by atoms with Crippen molar-refractivity contribution in [1.82, 2.24) is 4.98 Å². The predicted molar refractivity (Wildman–Crippen MR) is 147 cm³/mol. The summed E-state index contributed by atoms with van der Waals surface area (Å²) in [6.07, 6.45) is 0.460. The number of carbonyl (C=O) groups is 1. The van der Waals surface area contributed by atoms with E-state index in [1.54, 1.807) is 62.5 Å². The minimum atomic E-state index is -3.53. The summed E-state index contributed by atoms with van der Waals surface area (Å²) in [6, 6.07) is 19.2. The summed E-state index contributed by atoms with van der Waals surface area (Å²) in [5.74, 6) is 1.94. The molecule has 3 N–H and O–H groups in total. The van der Waals surface area contributed by atoms with Crippen molar-refractivity contribution in [3.63, 3.8) is 0 Å². The Morgan fingerprint density at radius 2 is 1.68 bits per heavy atom. The number of nitrogens with zero attached hydrogens (tertiary/aromatic N) is 1. The molecule has 0 atom stereocenters. The van der Waals surface area contributed by atoms with Gasteiger partial charge in [0.25, 0.3) is 0 Å². The number of methoxy groups -OCH3 is 1. The smallest absolute Gasteiger partial charge is 0.409 e. The van der Waals surface area contributed by atoms with Crippen LogP contribution in [0.1, 0.15) is 13.8 Å². The average molecular weight is 538 g/mol. The van der Waals surface area contributed by atoms with Crippen LogP contribution >= 0.6 is 7.60 Å². The third-order valence-corrected chi connectivity index (χ3v) is 7.59. The van der Waals surface area contributed by atoms with Crippen LogP contribution in [0.3, 0.4) is 0 Å². The van der Waals surface area contributed by atoms with Crippen LogP contribution < -0.4 is 25.4 Å². The number of pyridine rings is 1. The molecule has 0 unspecified atom stereocenters. The maximum absolute atomic E-state index is 13.2. The molecule has 0 aliphatic heterocycles. The first kappa shape index (κ1) is 26.9. The third kappa shape index (κ3) is 6.06. The Morgan fingerprint density at radius 1 is 0.947 bits per heavy atom. The molecule has 10 nitrogen and oxygen atoms in total. The van der Waals surface area contributed by atoms with Gasteiger partial charge in [-0.05, 0) is 44.2 Å². The summed E-state index contributed by atoms with van der Waals surface area (Å²) in [7, 11) is -2.05. The first-order chi connectivity index (χ1) is 18.4. The summed E-state index contributed by atoms with van der Waals surface area (Å²) >= 11 is 0. The van der Waals surface area contributed by atoms with Gasteiger partial charge < -0.3 is 28.9 Å². The maximum Gasteiger partial charge on any atom is 0.409 e. The molecule has 1 aromatic heterocycles. The number of carboxylic acid groups (broad SMARTS) is 1. The molecule has 198 valence electrons. The number of fused-ring (bicyclic) bond motifs is 1. The highest BCUT2D eigenvalue weighted by atomic mass is 31.2. The lowest BCUT2D eigenvalue weighted by Gasteiger charge is -2.20. The van der Waals surface area contributed by atoms with Crippen LogP contribution in [0.25, 0.3) is 10.8 Å². The lowest BCUT2D eigenvalue weighted by atomic mass is 10.1. The van der Waals surface area contributed by atoms with Gasteiger partial charge in [-0.3, -0.25) is 9.88 Å². The number of hydrogen-bond donors (Lipinski definition) is 3. The van der Waals surface area contributed by atoms with Gasteiger partial charge in [0.2, 0.25) is 0 Å². The second kappa shape index (κ2) is 12.0. The Hall–Kier alpha value is -4.11. The normalized spacial score (nSPS) is 11.2. The molecule has 1 heterocycles. The van der Waals surface area contributed by atoms with Crippen LogP contribution in [0, 0.1) is 0 Å². The second-order valence-electron chi connectivity index (χ2n) is 7.91. The first-order valence-electron chi connectivity index (χ1n) is 11.9. The summed E-state index contributed by atoms with van der Waals surface area (Å²) < 4.78 is 35.8. The van der Waals surface area contributed by atoms with Crippen molar-refractivity contribution in [2.24, 2.45) is 0 Å². The maximum atomic E-state index is 13.2. The molecule has 0 aliphatic rings. The Morgan fingerprint density at radius 3 is 2.37 bits per heavy atom. The number of nitrogens with one attached hydrogen (secondary N) is 2. The van der Waals surface area contributed by atoms with Gasteiger partial charge in [-0.1, -0.05) is 24.3 Å². The number of rotatable bonds is 11. The molecular formula is C27H28N3O7P. The largest absolute Gasteiger partial charge is 0.496 e. The molecule has 0 radical (unpaired) electrons. The van der Waals surface area contributed by atoms with Crippen LogP contribution in [0.4, 0.5) is 22.0 Å². The first-order valence-corrected chi connectivity index (χ1v) is 13.4. The monoisotopic (exact) mass is 537 g/mol. The molecule has 0 spiro atoms. The minimum absolute atomic E-state index is 0.227. The number of amides is 1. The molecule has 38 heavy (non-hydrogen) atoms. The number of ether oxygens (including phenoxy) is 2. The van der Waals surface area contributed by atoms with Gasteiger partial charge in [-0.25, -0.2) is 9.78 Å². The highest BCUT2D eigenvalue weighted by molar-refractivity contribution is 7.62. The minimum Gasteiger partial charge on any atom is -0.496 e. The van der Waals surface area contributed by atoms with Gasteiger partial charge in [0.1, 0.15) is 28.4 Å². The van der Waals surface area contributed by atoms with E-state index in [0.717, 1.165) is 5.39 Å². The van der Waals surface area contributed by atoms with E-state index in [1.165, 1.54) is 7.11 Å². The summed E-state index contributed by atoms with van der Waals surface area (Å²) in [4.78, 5) is 15.5. The zero-order valence-electron chi connectivity index (χ0n) is 21.1. The quantitative estimate of drug-likeness (QED) is 0.178. The standard InChI is InChI=1S/C27H28N3O7P/c1-4-35-38(33,36-5-2)25-13-10-18(16-24(25)34-3)29-26-17-19(14-15-28-26)37-23-12-11-22(30-27(31)32)20-8-6-7-9-21(20)23/h6-17,30H,4-5H2,1-3H3,(H,28,29)(H,31,32). The summed E-state index contributed by atoms with van der Waals surface area (Å²) in [5.41, 5.74) is 1.11. The van der Waals surface area contributed by atoms with E-state index < -0.39 is 13.7 Å².